The number of anilines is 1. The summed E-state index contributed by atoms with van der Waals surface area (Å²) in [6, 6.07) is 11.4. The summed E-state index contributed by atoms with van der Waals surface area (Å²) in [6.45, 7) is -3.20. The minimum Gasteiger partial charge on any atom is -0.496 e. The molecule has 0 spiro atoms. The molecule has 0 saturated heterocycles. The lowest BCUT2D eigenvalue weighted by molar-refractivity contribution is -0.0521. The van der Waals surface area contributed by atoms with E-state index in [4.69, 9.17) is 16.3 Å². The molecule has 178 valence electrons. The molecule has 0 atom stereocenters. The lowest BCUT2D eigenvalue weighted by atomic mass is 10.1. The van der Waals surface area contributed by atoms with Crippen molar-refractivity contribution in [2.24, 2.45) is 0 Å². The number of carbonyl (C=O) groups is 2. The van der Waals surface area contributed by atoms with E-state index in [2.05, 4.69) is 15.4 Å². The number of hydrogen-bond donors (Lipinski definition) is 2. The molecule has 34 heavy (non-hydrogen) atoms. The zero-order valence-electron chi connectivity index (χ0n) is 17.5. The Labute approximate surface area is 196 Å². The number of para-hydroxylation sites is 1. The number of benzene rings is 3. The van der Waals surface area contributed by atoms with Crippen molar-refractivity contribution in [3.05, 3.63) is 87.9 Å². The van der Waals surface area contributed by atoms with Gasteiger partial charge in [0, 0.05) is 23.9 Å². The fourth-order valence-corrected chi connectivity index (χ4v) is 3.22. The molecule has 0 heterocycles. The lowest BCUT2D eigenvalue weighted by Gasteiger charge is -2.12. The zero-order valence-corrected chi connectivity index (χ0v) is 18.3. The third kappa shape index (κ3) is 5.96. The summed E-state index contributed by atoms with van der Waals surface area (Å²) in [6.07, 6.45) is 0. The summed E-state index contributed by atoms with van der Waals surface area (Å²) < 4.78 is 62.0. The summed E-state index contributed by atoms with van der Waals surface area (Å²) in [4.78, 5) is 25.2. The summed E-state index contributed by atoms with van der Waals surface area (Å²) in [5.41, 5.74) is -0.172. The van der Waals surface area contributed by atoms with E-state index in [-0.39, 0.29) is 22.8 Å². The minimum atomic E-state index is -3.22. The molecule has 2 amide bonds. The molecule has 0 radical (unpaired) electrons. The van der Waals surface area contributed by atoms with E-state index in [1.54, 1.807) is 24.3 Å². The molecule has 0 saturated carbocycles. The summed E-state index contributed by atoms with van der Waals surface area (Å²) >= 11 is 5.97. The Morgan fingerprint density at radius 2 is 1.68 bits per heavy atom. The third-order valence-corrected chi connectivity index (χ3v) is 4.90. The first-order valence-electron chi connectivity index (χ1n) is 9.64. The van der Waals surface area contributed by atoms with Gasteiger partial charge in [0.1, 0.15) is 11.6 Å². The molecule has 0 fully saturated rings. The van der Waals surface area contributed by atoms with Crippen LogP contribution in [0.1, 0.15) is 26.3 Å². The van der Waals surface area contributed by atoms with Crippen LogP contribution in [0.2, 0.25) is 5.02 Å². The highest BCUT2D eigenvalue weighted by Gasteiger charge is 2.20. The Bertz CT molecular complexity index is 1220. The van der Waals surface area contributed by atoms with Gasteiger partial charge in [-0.3, -0.25) is 9.59 Å². The first-order valence-corrected chi connectivity index (χ1v) is 10.0. The molecular weight excluding hydrogens is 480 g/mol. The average molecular weight is 497 g/mol. The largest absolute Gasteiger partial charge is 0.496 e. The molecule has 0 aliphatic rings. The first-order chi connectivity index (χ1) is 16.2. The van der Waals surface area contributed by atoms with E-state index in [1.807, 2.05) is 0 Å². The van der Waals surface area contributed by atoms with Crippen LogP contribution < -0.4 is 20.1 Å². The zero-order chi connectivity index (χ0) is 24.8. The third-order valence-electron chi connectivity index (χ3n) is 4.58. The molecule has 0 unspecified atom stereocenters. The number of nitrogens with one attached hydrogen (secondary N) is 2. The van der Waals surface area contributed by atoms with E-state index in [0.717, 1.165) is 30.3 Å². The van der Waals surface area contributed by atoms with E-state index in [1.165, 1.54) is 7.11 Å². The predicted molar refractivity (Wildman–Crippen MR) is 117 cm³/mol. The van der Waals surface area contributed by atoms with Crippen LogP contribution in [0.4, 0.5) is 23.2 Å². The summed E-state index contributed by atoms with van der Waals surface area (Å²) in [7, 11) is 1.47. The van der Waals surface area contributed by atoms with Crippen molar-refractivity contribution in [1.82, 2.24) is 5.32 Å². The minimum absolute atomic E-state index is 0.0265. The van der Waals surface area contributed by atoms with E-state index in [0.29, 0.717) is 11.3 Å². The number of rotatable bonds is 8. The number of methoxy groups -OCH3 is 1. The number of alkyl halides is 2. The van der Waals surface area contributed by atoms with E-state index >= 15 is 0 Å². The molecular formula is C23H17ClF4N2O4. The van der Waals surface area contributed by atoms with Crippen molar-refractivity contribution >= 4 is 29.1 Å². The van der Waals surface area contributed by atoms with Gasteiger partial charge in [0.05, 0.1) is 23.3 Å². The van der Waals surface area contributed by atoms with Crippen molar-refractivity contribution < 1.29 is 36.6 Å². The maximum Gasteiger partial charge on any atom is 0.387 e. The maximum absolute atomic E-state index is 14.4. The van der Waals surface area contributed by atoms with Crippen LogP contribution in [0.5, 0.6) is 11.5 Å². The first kappa shape index (κ1) is 24.8. The topological polar surface area (TPSA) is 76.7 Å². The van der Waals surface area contributed by atoms with Crippen LogP contribution in [0.25, 0.3) is 0 Å². The predicted octanol–water partition coefficient (Wildman–Crippen LogP) is 5.41. The SMILES string of the molecule is COc1ccccc1CNC(=O)c1cc(C(=O)Nc2ccc(OC(F)F)c(F)c2)c(Cl)cc1F. The van der Waals surface area contributed by atoms with Gasteiger partial charge in [-0.1, -0.05) is 29.8 Å². The second kappa shape index (κ2) is 10.9. The Kier molecular flexibility index (Phi) is 7.95. The molecule has 6 nitrogen and oxygen atoms in total. The van der Waals surface area contributed by atoms with Gasteiger partial charge in [-0.25, -0.2) is 8.78 Å². The molecule has 0 bridgehead atoms. The molecule has 2 N–H and O–H groups in total. The Hall–Kier alpha value is -3.79. The lowest BCUT2D eigenvalue weighted by Crippen LogP contribution is -2.25. The number of ether oxygens (including phenoxy) is 2. The van der Waals surface area contributed by atoms with Crippen LogP contribution in [0.15, 0.2) is 54.6 Å². The van der Waals surface area contributed by atoms with Crippen LogP contribution in [0, 0.1) is 11.6 Å². The number of hydrogen-bond acceptors (Lipinski definition) is 4. The van der Waals surface area contributed by atoms with Crippen molar-refractivity contribution in [3.8, 4) is 11.5 Å². The Morgan fingerprint density at radius 3 is 2.35 bits per heavy atom. The molecule has 3 aromatic carbocycles. The van der Waals surface area contributed by atoms with Crippen LogP contribution >= 0.6 is 11.6 Å². The number of halogens is 5. The highest BCUT2D eigenvalue weighted by atomic mass is 35.5. The van der Waals surface area contributed by atoms with Gasteiger partial charge < -0.3 is 20.1 Å². The summed E-state index contributed by atoms with van der Waals surface area (Å²) in [5.74, 6) is -3.98. The molecule has 3 aromatic rings. The smallest absolute Gasteiger partial charge is 0.387 e. The van der Waals surface area contributed by atoms with Crippen LogP contribution in [-0.4, -0.2) is 25.5 Å². The van der Waals surface area contributed by atoms with Crippen molar-refractivity contribution in [1.29, 1.82) is 0 Å². The van der Waals surface area contributed by atoms with Gasteiger partial charge >= 0.3 is 6.61 Å². The maximum atomic E-state index is 14.4. The van der Waals surface area contributed by atoms with Crippen molar-refractivity contribution in [2.75, 3.05) is 12.4 Å². The molecule has 3 rings (SSSR count). The molecule has 0 aliphatic carbocycles. The van der Waals surface area contributed by atoms with Crippen LogP contribution in [-0.2, 0) is 6.54 Å². The second-order valence-electron chi connectivity index (χ2n) is 6.78. The van der Waals surface area contributed by atoms with Gasteiger partial charge in [0.2, 0.25) is 0 Å². The van der Waals surface area contributed by atoms with Gasteiger partial charge in [0.25, 0.3) is 11.8 Å². The van der Waals surface area contributed by atoms with Gasteiger partial charge in [0.15, 0.2) is 11.6 Å². The molecule has 0 aliphatic heterocycles. The normalized spacial score (nSPS) is 10.7. The average Bonchev–Trinajstić information content (AvgIpc) is 2.79. The van der Waals surface area contributed by atoms with Crippen molar-refractivity contribution in [2.45, 2.75) is 13.2 Å². The van der Waals surface area contributed by atoms with Gasteiger partial charge in [-0.05, 0) is 30.3 Å². The van der Waals surface area contributed by atoms with Gasteiger partial charge in [-0.15, -0.1) is 0 Å². The second-order valence-corrected chi connectivity index (χ2v) is 7.19. The molecule has 11 heteroatoms. The van der Waals surface area contributed by atoms with Gasteiger partial charge in [-0.2, -0.15) is 8.78 Å². The summed E-state index contributed by atoms with van der Waals surface area (Å²) in [5, 5.41) is 4.54. The Morgan fingerprint density at radius 1 is 0.941 bits per heavy atom. The number of amides is 2. The highest BCUT2D eigenvalue weighted by Crippen LogP contribution is 2.26. The fraction of sp³-hybridized carbons (Fsp3) is 0.130. The van der Waals surface area contributed by atoms with Crippen molar-refractivity contribution in [3.63, 3.8) is 0 Å². The molecule has 0 aromatic heterocycles. The Balaban J connectivity index is 1.77. The van der Waals surface area contributed by atoms with E-state index in [9.17, 15) is 27.2 Å². The van der Waals surface area contributed by atoms with Crippen LogP contribution in [0.3, 0.4) is 0 Å². The number of carbonyl (C=O) groups excluding carboxylic acids is 2. The van der Waals surface area contributed by atoms with E-state index < -0.39 is 41.4 Å². The highest BCUT2D eigenvalue weighted by molar-refractivity contribution is 6.34. The quantitative estimate of drug-likeness (QED) is 0.409. The monoisotopic (exact) mass is 496 g/mol. The fourth-order valence-electron chi connectivity index (χ4n) is 2.99. The standard InChI is InChI=1S/C23H17ClF4N2O4/c1-33-19-5-3-2-4-12(19)11-29-21(31)15-9-14(16(24)10-17(15)25)22(32)30-13-6-7-20(18(26)8-13)34-23(27)28/h2-10,23H,11H2,1H3,(H,29,31)(H,30,32).